The molecule has 5 nitrogen and oxygen atoms in total. The minimum absolute atomic E-state index is 0.0448. The molecule has 1 unspecified atom stereocenters. The molecule has 144 valence electrons. The molecule has 2 aromatic carbocycles. The second-order valence-electron chi connectivity index (χ2n) is 6.67. The normalized spacial score (nSPS) is 11.8. The second kappa shape index (κ2) is 8.31. The third-order valence-corrected chi connectivity index (χ3v) is 4.69. The molecule has 0 bridgehead atoms. The van der Waals surface area contributed by atoms with Gasteiger partial charge in [0.2, 0.25) is 5.91 Å². The Bertz CT molecular complexity index is 1040. The van der Waals surface area contributed by atoms with Gasteiger partial charge in [-0.25, -0.2) is 4.79 Å². The Balaban J connectivity index is 1.95. The maximum Gasteiger partial charge on any atom is 0.343 e. The Kier molecular flexibility index (Phi) is 5.85. The topological polar surface area (TPSA) is 79.5 Å². The van der Waals surface area contributed by atoms with Crippen molar-refractivity contribution in [2.75, 3.05) is 5.32 Å². The molecule has 0 saturated heterocycles. The van der Waals surface area contributed by atoms with Crippen molar-refractivity contribution >= 4 is 23.2 Å². The number of aromatic hydroxyl groups is 1. The van der Waals surface area contributed by atoms with Gasteiger partial charge in [0.1, 0.15) is 11.5 Å². The number of amides is 1. The molecule has 6 heteroatoms. The van der Waals surface area contributed by atoms with Crippen LogP contribution in [0.25, 0.3) is 0 Å². The summed E-state index contributed by atoms with van der Waals surface area (Å²) in [5.41, 5.74) is 1.80. The lowest BCUT2D eigenvalue weighted by Gasteiger charge is -2.18. The van der Waals surface area contributed by atoms with Gasteiger partial charge >= 0.3 is 5.63 Å². The number of rotatable bonds is 5. The summed E-state index contributed by atoms with van der Waals surface area (Å²) < 4.78 is 5.15. The molecular formula is C22H20ClNO4. The van der Waals surface area contributed by atoms with Gasteiger partial charge in [0.05, 0.1) is 5.56 Å². The Morgan fingerprint density at radius 1 is 1.11 bits per heavy atom. The summed E-state index contributed by atoms with van der Waals surface area (Å²) in [6, 6.07) is 15.6. The predicted molar refractivity (Wildman–Crippen MR) is 109 cm³/mol. The molecule has 3 rings (SSSR count). The minimum atomic E-state index is -0.681. The van der Waals surface area contributed by atoms with Gasteiger partial charge in [0.25, 0.3) is 0 Å². The molecular weight excluding hydrogens is 378 g/mol. The van der Waals surface area contributed by atoms with Gasteiger partial charge in [-0.05, 0) is 43.7 Å². The van der Waals surface area contributed by atoms with Crippen molar-refractivity contribution in [3.63, 3.8) is 0 Å². The fourth-order valence-electron chi connectivity index (χ4n) is 3.04. The highest BCUT2D eigenvalue weighted by molar-refractivity contribution is 6.30. The van der Waals surface area contributed by atoms with Crippen LogP contribution in [0.3, 0.4) is 0 Å². The van der Waals surface area contributed by atoms with Crippen molar-refractivity contribution < 1.29 is 14.3 Å². The molecule has 1 atom stereocenters. The average Bonchev–Trinajstić information content (AvgIpc) is 2.63. The molecule has 0 aliphatic heterocycles. The summed E-state index contributed by atoms with van der Waals surface area (Å²) in [5.74, 6) is -0.871. The highest BCUT2D eigenvalue weighted by Crippen LogP contribution is 2.33. The summed E-state index contributed by atoms with van der Waals surface area (Å²) in [4.78, 5) is 25.1. The van der Waals surface area contributed by atoms with E-state index in [0.29, 0.717) is 22.0 Å². The summed E-state index contributed by atoms with van der Waals surface area (Å²) in [6.07, 6.45) is -0.0448. The van der Waals surface area contributed by atoms with Crippen molar-refractivity contribution in [1.82, 2.24) is 0 Å². The molecule has 0 spiro atoms. The number of benzene rings is 2. The lowest BCUT2D eigenvalue weighted by atomic mass is 9.88. The van der Waals surface area contributed by atoms with Gasteiger partial charge in [0, 0.05) is 29.1 Å². The quantitative estimate of drug-likeness (QED) is 0.649. The molecule has 2 N–H and O–H groups in total. The van der Waals surface area contributed by atoms with Crippen LogP contribution in [0.4, 0.5) is 5.69 Å². The summed E-state index contributed by atoms with van der Waals surface area (Å²) in [5, 5.41) is 13.7. The first kappa shape index (κ1) is 19.7. The largest absolute Gasteiger partial charge is 0.507 e. The smallest absolute Gasteiger partial charge is 0.343 e. The molecule has 3 aromatic rings. The third-order valence-electron chi connectivity index (χ3n) is 4.44. The molecule has 1 heterocycles. The molecule has 1 amide bonds. The molecule has 0 aliphatic rings. The van der Waals surface area contributed by atoms with E-state index in [2.05, 4.69) is 5.32 Å². The van der Waals surface area contributed by atoms with Crippen LogP contribution in [0.15, 0.2) is 63.8 Å². The molecule has 0 aliphatic carbocycles. The van der Waals surface area contributed by atoms with Crippen molar-refractivity contribution in [2.45, 2.75) is 26.2 Å². The Labute approximate surface area is 167 Å². The number of anilines is 1. The van der Waals surface area contributed by atoms with E-state index in [4.69, 9.17) is 16.0 Å². The van der Waals surface area contributed by atoms with E-state index in [1.807, 2.05) is 31.2 Å². The third kappa shape index (κ3) is 4.61. The van der Waals surface area contributed by atoms with Crippen LogP contribution in [0.2, 0.25) is 5.02 Å². The van der Waals surface area contributed by atoms with Crippen LogP contribution < -0.4 is 10.9 Å². The second-order valence-corrected chi connectivity index (χ2v) is 7.10. The van der Waals surface area contributed by atoms with E-state index in [1.54, 1.807) is 31.2 Å². The van der Waals surface area contributed by atoms with Crippen LogP contribution in [-0.4, -0.2) is 11.0 Å². The van der Waals surface area contributed by atoms with Crippen LogP contribution in [0.5, 0.6) is 5.75 Å². The van der Waals surface area contributed by atoms with Crippen LogP contribution in [-0.2, 0) is 4.79 Å². The van der Waals surface area contributed by atoms with E-state index < -0.39 is 11.5 Å². The number of halogens is 1. The Morgan fingerprint density at radius 3 is 2.36 bits per heavy atom. The van der Waals surface area contributed by atoms with E-state index in [0.717, 1.165) is 5.56 Å². The molecule has 1 aromatic heterocycles. The van der Waals surface area contributed by atoms with E-state index in [-0.39, 0.29) is 23.6 Å². The van der Waals surface area contributed by atoms with E-state index >= 15 is 0 Å². The first-order valence-corrected chi connectivity index (χ1v) is 9.17. The van der Waals surface area contributed by atoms with Crippen molar-refractivity contribution in [1.29, 1.82) is 0 Å². The van der Waals surface area contributed by atoms with E-state index in [1.165, 1.54) is 6.07 Å². The SMILES string of the molecule is Cc1ccc(NC(=O)CC(c2ccc(Cl)cc2)c2c(O)cc(C)oc2=O)cc1. The van der Waals surface area contributed by atoms with Crippen molar-refractivity contribution in [3.05, 3.63) is 92.5 Å². The van der Waals surface area contributed by atoms with E-state index in [9.17, 15) is 14.7 Å². The van der Waals surface area contributed by atoms with Gasteiger partial charge in [-0.1, -0.05) is 41.4 Å². The summed E-state index contributed by atoms with van der Waals surface area (Å²) in [6.45, 7) is 3.54. The van der Waals surface area contributed by atoms with Gasteiger partial charge in [-0.2, -0.15) is 0 Å². The zero-order valence-electron chi connectivity index (χ0n) is 15.5. The number of hydrogen-bond acceptors (Lipinski definition) is 4. The zero-order chi connectivity index (χ0) is 20.3. The molecule has 0 radical (unpaired) electrons. The average molecular weight is 398 g/mol. The number of carbonyl (C=O) groups excluding carboxylic acids is 1. The van der Waals surface area contributed by atoms with Gasteiger partial charge in [-0.3, -0.25) is 4.79 Å². The van der Waals surface area contributed by atoms with Gasteiger partial charge < -0.3 is 14.8 Å². The number of hydrogen-bond donors (Lipinski definition) is 2. The molecule has 0 saturated carbocycles. The maximum atomic E-state index is 12.7. The van der Waals surface area contributed by atoms with Crippen LogP contribution in [0, 0.1) is 13.8 Å². The Morgan fingerprint density at radius 2 is 1.75 bits per heavy atom. The highest BCUT2D eigenvalue weighted by atomic mass is 35.5. The maximum absolute atomic E-state index is 12.7. The predicted octanol–water partition coefficient (Wildman–Crippen LogP) is 4.78. The highest BCUT2D eigenvalue weighted by Gasteiger charge is 2.25. The fourth-order valence-corrected chi connectivity index (χ4v) is 3.17. The van der Waals surface area contributed by atoms with Crippen molar-refractivity contribution in [2.24, 2.45) is 0 Å². The van der Waals surface area contributed by atoms with Crippen molar-refractivity contribution in [3.8, 4) is 5.75 Å². The fraction of sp³-hybridized carbons (Fsp3) is 0.182. The zero-order valence-corrected chi connectivity index (χ0v) is 16.3. The molecule has 28 heavy (non-hydrogen) atoms. The van der Waals surface area contributed by atoms with Crippen LogP contribution in [0.1, 0.15) is 34.8 Å². The Hall–Kier alpha value is -3.05. The van der Waals surface area contributed by atoms with Gasteiger partial charge in [-0.15, -0.1) is 0 Å². The standard InChI is InChI=1S/C22H20ClNO4/c1-13-3-9-17(10-4-13)24-20(26)12-18(15-5-7-16(23)8-6-15)21-19(25)11-14(2)28-22(21)27/h3-11,18,25H,12H2,1-2H3,(H,24,26). The minimum Gasteiger partial charge on any atom is -0.507 e. The number of aryl methyl sites for hydroxylation is 2. The first-order chi connectivity index (χ1) is 13.3. The monoisotopic (exact) mass is 397 g/mol. The van der Waals surface area contributed by atoms with Gasteiger partial charge in [0.15, 0.2) is 0 Å². The summed E-state index contributed by atoms with van der Waals surface area (Å²) >= 11 is 5.96. The molecule has 0 fully saturated rings. The summed E-state index contributed by atoms with van der Waals surface area (Å²) in [7, 11) is 0. The lowest BCUT2D eigenvalue weighted by Crippen LogP contribution is -2.21. The van der Waals surface area contributed by atoms with Crippen LogP contribution >= 0.6 is 11.6 Å². The first-order valence-electron chi connectivity index (χ1n) is 8.79. The lowest BCUT2D eigenvalue weighted by molar-refractivity contribution is -0.116. The number of nitrogens with one attached hydrogen (secondary N) is 1. The number of carbonyl (C=O) groups is 1.